The fourth-order valence-corrected chi connectivity index (χ4v) is 4.36. The number of rotatable bonds is 7. The predicted octanol–water partition coefficient (Wildman–Crippen LogP) is 5.69. The minimum Gasteiger partial charge on any atom is -0.508 e. The molecule has 0 spiro atoms. The molecule has 0 unspecified atom stereocenters. The van der Waals surface area contributed by atoms with E-state index in [0.29, 0.717) is 6.61 Å². The molecule has 3 N–H and O–H groups in total. The number of nitrogens with zero attached hydrogens (tertiary/aromatic N) is 2. The summed E-state index contributed by atoms with van der Waals surface area (Å²) in [5, 5.41) is 19.4. The molecule has 1 aliphatic heterocycles. The molecule has 0 amide bonds. The zero-order chi connectivity index (χ0) is 23.3. The van der Waals surface area contributed by atoms with Gasteiger partial charge >= 0.3 is 0 Å². The topological polar surface area (TPSA) is 81.6 Å². The molecule has 3 aromatic carbocycles. The normalized spacial score (nSPS) is 14.2. The molecule has 6 nitrogen and oxygen atoms in total. The lowest BCUT2D eigenvalue weighted by atomic mass is 10.0. The first kappa shape index (κ1) is 22.0. The molecule has 0 saturated carbocycles. The van der Waals surface area contributed by atoms with Gasteiger partial charge in [0.1, 0.15) is 29.7 Å². The number of benzene rings is 3. The zero-order valence-corrected chi connectivity index (χ0v) is 19.1. The van der Waals surface area contributed by atoms with E-state index in [-0.39, 0.29) is 11.5 Å². The number of aromatic hydroxyl groups is 2. The standard InChI is InChI=1S/C28H29N3O3/c32-23-10-4-20(5-11-23)26-27(21-6-12-24(33)13-7-21)30-28(29-26)22-8-14-25(15-9-22)34-19-18-31-16-2-1-3-17-31/h4-15,32-33H,1-3,16-19H2,(H,29,30). The monoisotopic (exact) mass is 455 g/mol. The van der Waals surface area contributed by atoms with Crippen molar-refractivity contribution in [3.05, 3.63) is 72.8 Å². The summed E-state index contributed by atoms with van der Waals surface area (Å²) in [6.45, 7) is 4.00. The van der Waals surface area contributed by atoms with Gasteiger partial charge in [-0.05, 0) is 98.7 Å². The second-order valence-corrected chi connectivity index (χ2v) is 8.68. The van der Waals surface area contributed by atoms with Gasteiger partial charge < -0.3 is 19.9 Å². The van der Waals surface area contributed by atoms with Crippen molar-refractivity contribution in [2.45, 2.75) is 19.3 Å². The summed E-state index contributed by atoms with van der Waals surface area (Å²) in [5.41, 5.74) is 4.39. The van der Waals surface area contributed by atoms with E-state index in [1.54, 1.807) is 24.3 Å². The smallest absolute Gasteiger partial charge is 0.138 e. The maximum absolute atomic E-state index is 9.70. The van der Waals surface area contributed by atoms with Gasteiger partial charge in [0.15, 0.2) is 0 Å². The largest absolute Gasteiger partial charge is 0.508 e. The predicted molar refractivity (Wildman–Crippen MR) is 134 cm³/mol. The van der Waals surface area contributed by atoms with Crippen molar-refractivity contribution in [2.75, 3.05) is 26.2 Å². The van der Waals surface area contributed by atoms with E-state index < -0.39 is 0 Å². The number of hydrogen-bond donors (Lipinski definition) is 3. The number of likely N-dealkylation sites (tertiary alicyclic amines) is 1. The van der Waals surface area contributed by atoms with Gasteiger partial charge in [0.2, 0.25) is 0 Å². The minimum atomic E-state index is 0.210. The lowest BCUT2D eigenvalue weighted by Crippen LogP contribution is -2.33. The number of hydrogen-bond acceptors (Lipinski definition) is 5. The summed E-state index contributed by atoms with van der Waals surface area (Å²) in [4.78, 5) is 10.8. The average Bonchev–Trinajstić information content (AvgIpc) is 3.31. The molecule has 1 aromatic heterocycles. The minimum absolute atomic E-state index is 0.210. The van der Waals surface area contributed by atoms with Crippen LogP contribution in [-0.2, 0) is 0 Å². The molecule has 4 aromatic rings. The Morgan fingerprint density at radius 3 is 1.97 bits per heavy atom. The summed E-state index contributed by atoms with van der Waals surface area (Å²) < 4.78 is 5.97. The van der Waals surface area contributed by atoms with Crippen LogP contribution >= 0.6 is 0 Å². The van der Waals surface area contributed by atoms with Crippen molar-refractivity contribution in [2.24, 2.45) is 0 Å². The van der Waals surface area contributed by atoms with Crippen molar-refractivity contribution >= 4 is 0 Å². The van der Waals surface area contributed by atoms with Gasteiger partial charge in [-0.15, -0.1) is 0 Å². The van der Waals surface area contributed by atoms with Gasteiger partial charge in [-0.25, -0.2) is 4.98 Å². The Bertz CT molecular complexity index is 1150. The van der Waals surface area contributed by atoms with Crippen LogP contribution in [0.1, 0.15) is 19.3 Å². The molecule has 0 bridgehead atoms. The van der Waals surface area contributed by atoms with Gasteiger partial charge in [-0.1, -0.05) is 6.42 Å². The lowest BCUT2D eigenvalue weighted by molar-refractivity contribution is 0.183. The Kier molecular flexibility index (Phi) is 6.49. The highest BCUT2D eigenvalue weighted by Crippen LogP contribution is 2.34. The summed E-state index contributed by atoms with van der Waals surface area (Å²) in [7, 11) is 0. The van der Waals surface area contributed by atoms with Crippen molar-refractivity contribution in [1.29, 1.82) is 0 Å². The summed E-state index contributed by atoms with van der Waals surface area (Å²) >= 11 is 0. The first-order valence-corrected chi connectivity index (χ1v) is 11.8. The molecule has 0 aliphatic carbocycles. The Hall–Kier alpha value is -3.77. The van der Waals surface area contributed by atoms with Crippen LogP contribution < -0.4 is 4.74 Å². The number of aromatic nitrogens is 2. The first-order chi connectivity index (χ1) is 16.7. The molecule has 1 saturated heterocycles. The van der Waals surface area contributed by atoms with Crippen LogP contribution in [0.2, 0.25) is 0 Å². The van der Waals surface area contributed by atoms with E-state index in [1.165, 1.54) is 32.4 Å². The molecule has 174 valence electrons. The van der Waals surface area contributed by atoms with Crippen molar-refractivity contribution in [3.63, 3.8) is 0 Å². The molecule has 34 heavy (non-hydrogen) atoms. The van der Waals surface area contributed by atoms with Crippen LogP contribution in [0.3, 0.4) is 0 Å². The maximum atomic E-state index is 9.70. The summed E-state index contributed by atoms with van der Waals surface area (Å²) in [6.07, 6.45) is 3.92. The van der Waals surface area contributed by atoms with Crippen molar-refractivity contribution in [3.8, 4) is 51.2 Å². The van der Waals surface area contributed by atoms with Crippen LogP contribution in [0, 0.1) is 0 Å². The third-order valence-electron chi connectivity index (χ3n) is 6.25. The van der Waals surface area contributed by atoms with Gasteiger partial charge in [-0.3, -0.25) is 4.90 Å². The van der Waals surface area contributed by atoms with Crippen LogP contribution in [-0.4, -0.2) is 51.3 Å². The fraction of sp³-hybridized carbons (Fsp3) is 0.250. The van der Waals surface area contributed by atoms with E-state index in [0.717, 1.165) is 46.2 Å². The van der Waals surface area contributed by atoms with Crippen LogP contribution in [0.25, 0.3) is 33.9 Å². The van der Waals surface area contributed by atoms with Crippen molar-refractivity contribution < 1.29 is 14.9 Å². The van der Waals surface area contributed by atoms with E-state index in [2.05, 4.69) is 9.88 Å². The molecule has 6 heteroatoms. The number of phenols is 2. The number of aromatic amines is 1. The Morgan fingerprint density at radius 1 is 0.735 bits per heavy atom. The van der Waals surface area contributed by atoms with E-state index in [4.69, 9.17) is 9.72 Å². The number of phenolic OH excluding ortho intramolecular Hbond substituents is 2. The number of H-pyrrole nitrogens is 1. The second kappa shape index (κ2) is 10.0. The number of ether oxygens (including phenoxy) is 1. The third-order valence-corrected chi connectivity index (χ3v) is 6.25. The Labute approximate surface area is 199 Å². The molecule has 5 rings (SSSR count). The average molecular weight is 456 g/mol. The zero-order valence-electron chi connectivity index (χ0n) is 19.1. The summed E-state index contributed by atoms with van der Waals surface area (Å²) in [5.74, 6) is 2.02. The summed E-state index contributed by atoms with van der Waals surface area (Å²) in [6, 6.07) is 22.0. The highest BCUT2D eigenvalue weighted by atomic mass is 16.5. The molecular weight excluding hydrogens is 426 g/mol. The number of piperidine rings is 1. The van der Waals surface area contributed by atoms with Gasteiger partial charge in [0.05, 0.1) is 11.4 Å². The molecule has 2 heterocycles. The number of imidazole rings is 1. The first-order valence-electron chi connectivity index (χ1n) is 11.8. The van der Waals surface area contributed by atoms with Gasteiger partial charge in [-0.2, -0.15) is 0 Å². The molecular formula is C28H29N3O3. The van der Waals surface area contributed by atoms with Gasteiger partial charge in [0, 0.05) is 23.2 Å². The maximum Gasteiger partial charge on any atom is 0.138 e. The molecule has 1 fully saturated rings. The Morgan fingerprint density at radius 2 is 1.32 bits per heavy atom. The van der Waals surface area contributed by atoms with E-state index in [1.807, 2.05) is 48.5 Å². The third kappa shape index (κ3) is 5.07. The van der Waals surface area contributed by atoms with Gasteiger partial charge in [0.25, 0.3) is 0 Å². The fourth-order valence-electron chi connectivity index (χ4n) is 4.36. The van der Waals surface area contributed by atoms with Crippen LogP contribution in [0.4, 0.5) is 0 Å². The lowest BCUT2D eigenvalue weighted by Gasteiger charge is -2.26. The van der Waals surface area contributed by atoms with E-state index >= 15 is 0 Å². The second-order valence-electron chi connectivity index (χ2n) is 8.68. The number of nitrogens with one attached hydrogen (secondary N) is 1. The quantitative estimate of drug-likeness (QED) is 0.334. The molecule has 0 radical (unpaired) electrons. The molecule has 1 aliphatic rings. The molecule has 0 atom stereocenters. The van der Waals surface area contributed by atoms with Crippen molar-refractivity contribution in [1.82, 2.24) is 14.9 Å². The van der Waals surface area contributed by atoms with Crippen LogP contribution in [0.5, 0.6) is 17.2 Å². The highest BCUT2D eigenvalue weighted by molar-refractivity contribution is 5.81. The van der Waals surface area contributed by atoms with Crippen LogP contribution in [0.15, 0.2) is 72.8 Å². The highest BCUT2D eigenvalue weighted by Gasteiger charge is 2.16. The Balaban J connectivity index is 1.37. The SMILES string of the molecule is Oc1ccc(-c2nc(-c3ccc(OCCN4CCCCC4)cc3)[nH]c2-c2ccc(O)cc2)cc1. The van der Waals surface area contributed by atoms with E-state index in [9.17, 15) is 10.2 Å².